The molecule has 1 aliphatic rings. The zero-order valence-electron chi connectivity index (χ0n) is 18.8. The molecule has 0 aliphatic carbocycles. The number of carbonyl (C=O) groups excluding carboxylic acids is 1. The van der Waals surface area contributed by atoms with Gasteiger partial charge in [-0.05, 0) is 55.3 Å². The van der Waals surface area contributed by atoms with Gasteiger partial charge in [0.15, 0.2) is 4.80 Å². The first-order chi connectivity index (χ1) is 16.4. The number of nitrogens with zero attached hydrogens (tertiary/aromatic N) is 2. The Hall–Kier alpha value is -3.42. The average Bonchev–Trinajstić information content (AvgIpc) is 3.13. The minimum absolute atomic E-state index is 0.220. The van der Waals surface area contributed by atoms with Gasteiger partial charge in [-0.1, -0.05) is 59.9 Å². The summed E-state index contributed by atoms with van der Waals surface area (Å²) in [6, 6.07) is 13.9. The predicted octanol–water partition coefficient (Wildman–Crippen LogP) is 4.02. The Kier molecular flexibility index (Phi) is 7.14. The number of carbonyl (C=O) groups is 1. The molecule has 3 aromatic rings. The number of ether oxygens (including phenoxy) is 2. The van der Waals surface area contributed by atoms with Crippen LogP contribution in [0.4, 0.5) is 0 Å². The van der Waals surface area contributed by atoms with Crippen molar-refractivity contribution in [3.8, 4) is 5.75 Å². The van der Waals surface area contributed by atoms with E-state index in [4.69, 9.17) is 21.1 Å². The van der Waals surface area contributed by atoms with Crippen molar-refractivity contribution in [2.24, 2.45) is 4.99 Å². The SMILES string of the molecule is C=CCOc1ccc([C@@H]2C(C(=O)OCC)=C(C)N=c3sc(=Cc4ccc(Cl)cc4)c(=O)n32)cc1. The van der Waals surface area contributed by atoms with Crippen molar-refractivity contribution in [3.05, 3.63) is 108 Å². The Bertz CT molecular complexity index is 1430. The fourth-order valence-corrected chi connectivity index (χ4v) is 4.89. The van der Waals surface area contributed by atoms with Gasteiger partial charge in [0.25, 0.3) is 5.56 Å². The molecule has 0 unspecified atom stereocenters. The summed E-state index contributed by atoms with van der Waals surface area (Å²) in [5.41, 5.74) is 2.23. The third kappa shape index (κ3) is 4.76. The molecule has 0 saturated carbocycles. The molecule has 1 aromatic heterocycles. The largest absolute Gasteiger partial charge is 0.490 e. The van der Waals surface area contributed by atoms with Crippen molar-refractivity contribution in [2.75, 3.05) is 13.2 Å². The molecule has 4 rings (SSSR count). The van der Waals surface area contributed by atoms with Crippen LogP contribution in [0.3, 0.4) is 0 Å². The monoisotopic (exact) mass is 494 g/mol. The lowest BCUT2D eigenvalue weighted by molar-refractivity contribution is -0.139. The van der Waals surface area contributed by atoms with Gasteiger partial charge >= 0.3 is 5.97 Å². The van der Waals surface area contributed by atoms with Crippen LogP contribution in [-0.4, -0.2) is 23.8 Å². The lowest BCUT2D eigenvalue weighted by Crippen LogP contribution is -2.39. The summed E-state index contributed by atoms with van der Waals surface area (Å²) in [5, 5.41) is 0.619. The number of aromatic nitrogens is 1. The van der Waals surface area contributed by atoms with Crippen molar-refractivity contribution < 1.29 is 14.3 Å². The number of benzene rings is 2. The van der Waals surface area contributed by atoms with Gasteiger partial charge in [-0.3, -0.25) is 9.36 Å². The zero-order chi connectivity index (χ0) is 24.2. The van der Waals surface area contributed by atoms with Gasteiger partial charge in [0.05, 0.1) is 28.5 Å². The van der Waals surface area contributed by atoms with Gasteiger partial charge in [0.1, 0.15) is 12.4 Å². The van der Waals surface area contributed by atoms with Crippen LogP contribution in [0, 0.1) is 0 Å². The van der Waals surface area contributed by atoms with Crippen molar-refractivity contribution in [3.63, 3.8) is 0 Å². The summed E-state index contributed by atoms with van der Waals surface area (Å²) >= 11 is 7.26. The van der Waals surface area contributed by atoms with Crippen LogP contribution in [0.25, 0.3) is 6.08 Å². The Labute approximate surface area is 205 Å². The molecule has 2 heterocycles. The standard InChI is InChI=1S/C26H23ClN2O4S/c1-4-14-33-20-12-8-18(9-13-20)23-22(25(31)32-5-2)16(3)28-26-29(23)24(30)21(34-26)15-17-6-10-19(27)11-7-17/h4,6-13,15,23H,1,5,14H2,2-3H3/t23-/m1/s1. The molecule has 0 N–H and O–H groups in total. The van der Waals surface area contributed by atoms with Crippen molar-refractivity contribution in [1.82, 2.24) is 4.57 Å². The molecule has 2 aromatic carbocycles. The molecule has 8 heteroatoms. The second kappa shape index (κ2) is 10.2. The molecular weight excluding hydrogens is 472 g/mol. The van der Waals surface area contributed by atoms with E-state index in [1.165, 1.54) is 11.3 Å². The van der Waals surface area contributed by atoms with E-state index in [1.807, 2.05) is 24.3 Å². The molecule has 0 amide bonds. The summed E-state index contributed by atoms with van der Waals surface area (Å²) < 4.78 is 13.0. The number of fused-ring (bicyclic) bond motifs is 1. The maximum atomic E-state index is 13.6. The van der Waals surface area contributed by atoms with E-state index in [0.29, 0.717) is 38.0 Å². The second-order valence-electron chi connectivity index (χ2n) is 7.52. The van der Waals surface area contributed by atoms with Crippen LogP contribution in [0.1, 0.15) is 31.0 Å². The first kappa shape index (κ1) is 23.7. The summed E-state index contributed by atoms with van der Waals surface area (Å²) in [6.45, 7) is 7.76. The smallest absolute Gasteiger partial charge is 0.338 e. The number of allylic oxidation sites excluding steroid dienone is 1. The fraction of sp³-hybridized carbons (Fsp3) is 0.192. The number of hydrogen-bond donors (Lipinski definition) is 0. The number of hydrogen-bond acceptors (Lipinski definition) is 6. The molecule has 174 valence electrons. The third-order valence-corrected chi connectivity index (χ3v) is 6.48. The minimum Gasteiger partial charge on any atom is -0.490 e. The molecule has 6 nitrogen and oxygen atoms in total. The summed E-state index contributed by atoms with van der Waals surface area (Å²) in [6.07, 6.45) is 3.46. The number of halogens is 1. The Balaban J connectivity index is 1.88. The Morgan fingerprint density at radius 1 is 1.21 bits per heavy atom. The van der Waals surface area contributed by atoms with Crippen molar-refractivity contribution in [2.45, 2.75) is 19.9 Å². The van der Waals surface area contributed by atoms with E-state index >= 15 is 0 Å². The quantitative estimate of drug-likeness (QED) is 0.367. The van der Waals surface area contributed by atoms with Gasteiger partial charge in [-0.25, -0.2) is 9.79 Å². The Morgan fingerprint density at radius 3 is 2.56 bits per heavy atom. The molecule has 0 saturated heterocycles. The zero-order valence-corrected chi connectivity index (χ0v) is 20.4. The number of esters is 1. The van der Waals surface area contributed by atoms with Crippen LogP contribution in [-0.2, 0) is 9.53 Å². The van der Waals surface area contributed by atoms with Crippen LogP contribution >= 0.6 is 22.9 Å². The van der Waals surface area contributed by atoms with E-state index in [1.54, 1.807) is 54.8 Å². The average molecular weight is 495 g/mol. The number of rotatable bonds is 7. The van der Waals surface area contributed by atoms with Crippen LogP contribution in [0.15, 0.2) is 82.2 Å². The highest BCUT2D eigenvalue weighted by molar-refractivity contribution is 7.07. The van der Waals surface area contributed by atoms with Gasteiger partial charge < -0.3 is 9.47 Å². The molecule has 1 aliphatic heterocycles. The van der Waals surface area contributed by atoms with Crippen molar-refractivity contribution >= 4 is 35.0 Å². The van der Waals surface area contributed by atoms with E-state index in [0.717, 1.165) is 11.1 Å². The molecule has 0 fully saturated rings. The number of thiazole rings is 1. The van der Waals surface area contributed by atoms with E-state index in [-0.39, 0.29) is 12.2 Å². The van der Waals surface area contributed by atoms with Gasteiger partial charge in [-0.2, -0.15) is 0 Å². The molecular formula is C26H23ClN2O4S. The lowest BCUT2D eigenvalue weighted by Gasteiger charge is -2.24. The topological polar surface area (TPSA) is 69.9 Å². The maximum absolute atomic E-state index is 13.6. The van der Waals surface area contributed by atoms with Crippen molar-refractivity contribution in [1.29, 1.82) is 0 Å². The Morgan fingerprint density at radius 2 is 1.91 bits per heavy atom. The van der Waals surface area contributed by atoms with Crippen LogP contribution in [0.2, 0.25) is 5.02 Å². The second-order valence-corrected chi connectivity index (χ2v) is 8.97. The van der Waals surface area contributed by atoms with E-state index in [9.17, 15) is 9.59 Å². The highest BCUT2D eigenvalue weighted by atomic mass is 35.5. The molecule has 0 bridgehead atoms. The summed E-state index contributed by atoms with van der Waals surface area (Å²) in [4.78, 5) is 31.6. The maximum Gasteiger partial charge on any atom is 0.338 e. The highest BCUT2D eigenvalue weighted by Crippen LogP contribution is 2.31. The predicted molar refractivity (Wildman–Crippen MR) is 134 cm³/mol. The van der Waals surface area contributed by atoms with E-state index < -0.39 is 12.0 Å². The van der Waals surface area contributed by atoms with Gasteiger partial charge in [-0.15, -0.1) is 0 Å². The van der Waals surface area contributed by atoms with Gasteiger partial charge in [0, 0.05) is 5.02 Å². The molecule has 0 radical (unpaired) electrons. The highest BCUT2D eigenvalue weighted by Gasteiger charge is 2.33. The first-order valence-corrected chi connectivity index (χ1v) is 11.9. The molecule has 34 heavy (non-hydrogen) atoms. The van der Waals surface area contributed by atoms with Gasteiger partial charge in [0.2, 0.25) is 0 Å². The summed E-state index contributed by atoms with van der Waals surface area (Å²) in [5.74, 6) is 0.171. The van der Waals surface area contributed by atoms with Crippen LogP contribution < -0.4 is 19.6 Å². The van der Waals surface area contributed by atoms with Crippen LogP contribution in [0.5, 0.6) is 5.75 Å². The molecule has 1 atom stereocenters. The summed E-state index contributed by atoms with van der Waals surface area (Å²) in [7, 11) is 0. The third-order valence-electron chi connectivity index (χ3n) is 5.25. The van der Waals surface area contributed by atoms with E-state index in [2.05, 4.69) is 11.6 Å². The first-order valence-electron chi connectivity index (χ1n) is 10.7. The molecule has 0 spiro atoms. The normalized spacial score (nSPS) is 15.5. The fourth-order valence-electron chi connectivity index (χ4n) is 3.72. The minimum atomic E-state index is -0.670. The lowest BCUT2D eigenvalue weighted by atomic mass is 9.96.